The van der Waals surface area contributed by atoms with Crippen molar-refractivity contribution >= 4 is 0 Å². The van der Waals surface area contributed by atoms with Crippen molar-refractivity contribution in [2.75, 3.05) is 0 Å². The van der Waals surface area contributed by atoms with Crippen molar-refractivity contribution < 1.29 is 23.0 Å². The van der Waals surface area contributed by atoms with Crippen LogP contribution in [0.3, 0.4) is 0 Å². The van der Waals surface area contributed by atoms with Crippen LogP contribution in [0.1, 0.15) is 37.7 Å². The zero-order valence-corrected chi connectivity index (χ0v) is 11.0. The number of benzene rings is 1. The predicted octanol–water partition coefficient (Wildman–Crippen LogP) is 3.78. The molecule has 1 aromatic carbocycles. The average molecular weight is 286 g/mol. The Morgan fingerprint density at radius 2 is 1.70 bits per heavy atom. The molecule has 0 aliphatic heterocycles. The molecule has 0 aromatic heterocycles. The normalized spacial score (nSPS) is 28.4. The van der Waals surface area contributed by atoms with Gasteiger partial charge in [0.05, 0.1) is 11.7 Å². The van der Waals surface area contributed by atoms with Crippen LogP contribution in [0.15, 0.2) is 24.3 Å². The maximum atomic E-state index is 12.5. The van der Waals surface area contributed by atoms with Gasteiger partial charge in [-0.1, -0.05) is 12.8 Å². The van der Waals surface area contributed by atoms with Gasteiger partial charge in [0.1, 0.15) is 11.9 Å². The summed E-state index contributed by atoms with van der Waals surface area (Å²) >= 11 is 0. The van der Waals surface area contributed by atoms with Gasteiger partial charge in [-0.15, -0.1) is 0 Å². The second-order valence-corrected chi connectivity index (χ2v) is 5.82. The van der Waals surface area contributed by atoms with Crippen molar-refractivity contribution in [3.8, 4) is 5.75 Å². The molecule has 0 radical (unpaired) electrons. The summed E-state index contributed by atoms with van der Waals surface area (Å²) in [6.07, 6.45) is -0.0905. The van der Waals surface area contributed by atoms with Crippen LogP contribution in [0.5, 0.6) is 5.75 Å². The molecule has 2 aliphatic carbocycles. The van der Waals surface area contributed by atoms with E-state index < -0.39 is 11.7 Å². The molecule has 1 spiro atoms. The lowest BCUT2D eigenvalue weighted by atomic mass is 9.62. The Hall–Kier alpha value is -1.23. The minimum Gasteiger partial charge on any atom is -0.490 e. The maximum Gasteiger partial charge on any atom is 0.416 e. The molecule has 5 heteroatoms. The van der Waals surface area contributed by atoms with Gasteiger partial charge in [0.25, 0.3) is 0 Å². The van der Waals surface area contributed by atoms with Crippen LogP contribution < -0.4 is 4.74 Å². The highest BCUT2D eigenvalue weighted by atomic mass is 19.4. The molecule has 0 amide bonds. The Bertz CT molecular complexity index is 475. The summed E-state index contributed by atoms with van der Waals surface area (Å²) in [5, 5.41) is 9.97. The van der Waals surface area contributed by atoms with Crippen LogP contribution in [0.2, 0.25) is 0 Å². The van der Waals surface area contributed by atoms with Crippen LogP contribution in [0.25, 0.3) is 0 Å². The highest BCUT2D eigenvalue weighted by molar-refractivity contribution is 5.29. The van der Waals surface area contributed by atoms with Crippen LogP contribution in [0.4, 0.5) is 13.2 Å². The molecule has 2 fully saturated rings. The fourth-order valence-electron chi connectivity index (χ4n) is 3.47. The molecule has 1 N–H and O–H groups in total. The van der Waals surface area contributed by atoms with E-state index in [9.17, 15) is 18.3 Å². The number of alkyl halides is 3. The molecule has 0 saturated heterocycles. The third-order valence-corrected chi connectivity index (χ3v) is 4.74. The zero-order chi connectivity index (χ0) is 14.4. The molecule has 110 valence electrons. The molecule has 2 saturated carbocycles. The molecule has 0 heterocycles. The number of ether oxygens (including phenoxy) is 1. The van der Waals surface area contributed by atoms with Gasteiger partial charge in [-0.3, -0.25) is 0 Å². The fraction of sp³-hybridized carbons (Fsp3) is 0.600. The quantitative estimate of drug-likeness (QED) is 0.896. The minimum absolute atomic E-state index is 0.0725. The molecule has 0 bridgehead atoms. The number of hydrogen-bond donors (Lipinski definition) is 1. The molecule has 20 heavy (non-hydrogen) atoms. The van der Waals surface area contributed by atoms with Crippen LogP contribution >= 0.6 is 0 Å². The standard InChI is InChI=1S/C15H17F3O2/c16-15(17,18)10-3-5-11(6-4-10)20-13-9-12(19)14(13)7-1-2-8-14/h3-6,12-13,19H,1-2,7-9H2. The summed E-state index contributed by atoms with van der Waals surface area (Å²) in [4.78, 5) is 0. The van der Waals surface area contributed by atoms with Gasteiger partial charge in [0.2, 0.25) is 0 Å². The molecular weight excluding hydrogens is 269 g/mol. The Morgan fingerprint density at radius 3 is 2.20 bits per heavy atom. The monoisotopic (exact) mass is 286 g/mol. The van der Waals surface area contributed by atoms with E-state index in [-0.39, 0.29) is 17.6 Å². The highest BCUT2D eigenvalue weighted by Gasteiger charge is 2.57. The van der Waals surface area contributed by atoms with E-state index in [1.165, 1.54) is 12.1 Å². The van der Waals surface area contributed by atoms with E-state index in [0.29, 0.717) is 12.2 Å². The van der Waals surface area contributed by atoms with Gasteiger partial charge in [0.15, 0.2) is 0 Å². The number of aliphatic hydroxyl groups is 1. The Labute approximate surface area is 115 Å². The summed E-state index contributed by atoms with van der Waals surface area (Å²) in [7, 11) is 0. The van der Waals surface area contributed by atoms with E-state index >= 15 is 0 Å². The lowest BCUT2D eigenvalue weighted by molar-refractivity contribution is -0.152. The smallest absolute Gasteiger partial charge is 0.416 e. The molecule has 2 aliphatic rings. The molecule has 2 unspecified atom stereocenters. The SMILES string of the molecule is OC1CC(Oc2ccc(C(F)(F)F)cc2)C12CCCC2. The zero-order valence-electron chi connectivity index (χ0n) is 11.0. The second kappa shape index (κ2) is 4.65. The van der Waals surface area contributed by atoms with Crippen molar-refractivity contribution in [2.45, 2.75) is 50.5 Å². The van der Waals surface area contributed by atoms with E-state index in [4.69, 9.17) is 4.74 Å². The van der Waals surface area contributed by atoms with Gasteiger partial charge < -0.3 is 9.84 Å². The van der Waals surface area contributed by atoms with Crippen LogP contribution in [-0.4, -0.2) is 17.3 Å². The van der Waals surface area contributed by atoms with Gasteiger partial charge >= 0.3 is 6.18 Å². The summed E-state index contributed by atoms with van der Waals surface area (Å²) in [6, 6.07) is 4.78. The average Bonchev–Trinajstić information content (AvgIpc) is 2.90. The van der Waals surface area contributed by atoms with E-state index in [1.807, 2.05) is 0 Å². The highest BCUT2D eigenvalue weighted by Crippen LogP contribution is 2.54. The Kier molecular flexibility index (Phi) is 3.20. The van der Waals surface area contributed by atoms with E-state index in [2.05, 4.69) is 0 Å². The molecule has 2 nitrogen and oxygen atoms in total. The summed E-state index contributed by atoms with van der Waals surface area (Å²) < 4.78 is 43.2. The van der Waals surface area contributed by atoms with Gasteiger partial charge in [0, 0.05) is 11.8 Å². The summed E-state index contributed by atoms with van der Waals surface area (Å²) in [5.41, 5.74) is -0.836. The summed E-state index contributed by atoms with van der Waals surface area (Å²) in [6.45, 7) is 0. The first-order valence-corrected chi connectivity index (χ1v) is 6.94. The molecule has 1 aromatic rings. The van der Waals surface area contributed by atoms with E-state index in [0.717, 1.165) is 37.8 Å². The summed E-state index contributed by atoms with van der Waals surface area (Å²) in [5.74, 6) is 0.446. The van der Waals surface area contributed by atoms with Crippen molar-refractivity contribution in [2.24, 2.45) is 5.41 Å². The third-order valence-electron chi connectivity index (χ3n) is 4.74. The van der Waals surface area contributed by atoms with Crippen molar-refractivity contribution in [3.63, 3.8) is 0 Å². The fourth-order valence-corrected chi connectivity index (χ4v) is 3.47. The topological polar surface area (TPSA) is 29.5 Å². The molecule has 2 atom stereocenters. The van der Waals surface area contributed by atoms with Crippen molar-refractivity contribution in [1.29, 1.82) is 0 Å². The maximum absolute atomic E-state index is 12.5. The van der Waals surface area contributed by atoms with Gasteiger partial charge in [-0.05, 0) is 37.1 Å². The minimum atomic E-state index is -4.32. The molecular formula is C15H17F3O2. The van der Waals surface area contributed by atoms with E-state index in [1.54, 1.807) is 0 Å². The van der Waals surface area contributed by atoms with Crippen molar-refractivity contribution in [1.82, 2.24) is 0 Å². The van der Waals surface area contributed by atoms with Gasteiger partial charge in [-0.2, -0.15) is 13.2 Å². The largest absolute Gasteiger partial charge is 0.490 e. The predicted molar refractivity (Wildman–Crippen MR) is 67.4 cm³/mol. The van der Waals surface area contributed by atoms with Gasteiger partial charge in [-0.25, -0.2) is 0 Å². The second-order valence-electron chi connectivity index (χ2n) is 5.82. The van der Waals surface area contributed by atoms with Crippen LogP contribution in [0, 0.1) is 5.41 Å². The first kappa shape index (κ1) is 13.7. The van der Waals surface area contributed by atoms with Crippen molar-refractivity contribution in [3.05, 3.63) is 29.8 Å². The number of hydrogen-bond acceptors (Lipinski definition) is 2. The Balaban J connectivity index is 1.70. The number of aliphatic hydroxyl groups excluding tert-OH is 1. The third kappa shape index (κ3) is 2.18. The number of rotatable bonds is 2. The molecule has 3 rings (SSSR count). The van der Waals surface area contributed by atoms with Crippen LogP contribution in [-0.2, 0) is 6.18 Å². The Morgan fingerprint density at radius 1 is 1.10 bits per heavy atom. The number of halogens is 3. The lowest BCUT2D eigenvalue weighted by Gasteiger charge is -2.51. The lowest BCUT2D eigenvalue weighted by Crippen LogP contribution is -2.58. The first-order valence-electron chi connectivity index (χ1n) is 6.94. The first-order chi connectivity index (χ1) is 9.42.